The number of benzene rings is 3. The van der Waals surface area contributed by atoms with Crippen molar-refractivity contribution in [1.29, 1.82) is 0 Å². The normalized spacial score (nSPS) is 10.4. The minimum absolute atomic E-state index is 0. The van der Waals surface area contributed by atoms with Gasteiger partial charge < -0.3 is 0 Å². The molecule has 23 heavy (non-hydrogen) atoms. The van der Waals surface area contributed by atoms with Crippen LogP contribution in [0.2, 0.25) is 0 Å². The van der Waals surface area contributed by atoms with E-state index in [1.165, 1.54) is 16.7 Å². The molecule has 2 radical (unpaired) electrons. The molecule has 0 saturated heterocycles. The van der Waals surface area contributed by atoms with Crippen LogP contribution in [0.5, 0.6) is 0 Å². The molecular weight excluding hydrogens is 482 g/mol. The van der Waals surface area contributed by atoms with Crippen LogP contribution in [0, 0.1) is 20.8 Å². The van der Waals surface area contributed by atoms with Crippen LogP contribution >= 0.6 is 0 Å². The molecule has 0 saturated carbocycles. The van der Waals surface area contributed by atoms with Crippen molar-refractivity contribution in [2.24, 2.45) is 0 Å². The molecule has 0 N–H and O–H groups in total. The molecule has 0 aliphatic heterocycles. The van der Waals surface area contributed by atoms with Crippen molar-refractivity contribution in [3.63, 3.8) is 0 Å². The second-order valence-corrected chi connectivity index (χ2v) is 15.6. The fourth-order valence-corrected chi connectivity index (χ4v) is 12.4. The maximum atomic E-state index is 2.34. The Balaban J connectivity index is 0.00000192. The Morgan fingerprint density at radius 3 is 0.870 bits per heavy atom. The Hall–Kier alpha value is -0.418. The molecule has 0 bridgehead atoms. The van der Waals surface area contributed by atoms with Crippen LogP contribution in [0.3, 0.4) is 0 Å². The predicted molar refractivity (Wildman–Crippen MR) is 104 cm³/mol. The van der Waals surface area contributed by atoms with Crippen LogP contribution in [0.4, 0.5) is 0 Å². The maximum Gasteiger partial charge on any atom is 0 e. The van der Waals surface area contributed by atoms with Gasteiger partial charge in [-0.1, -0.05) is 0 Å². The van der Waals surface area contributed by atoms with E-state index in [0.29, 0.717) is 0 Å². The van der Waals surface area contributed by atoms with E-state index in [1.54, 1.807) is 9.37 Å². The Morgan fingerprint density at radius 1 is 0.435 bits per heavy atom. The first-order valence-electron chi connectivity index (χ1n) is 7.71. The van der Waals surface area contributed by atoms with Gasteiger partial charge in [0.2, 0.25) is 0 Å². The molecule has 0 aliphatic rings. The summed E-state index contributed by atoms with van der Waals surface area (Å²) in [7, 11) is 0. The Labute approximate surface area is 170 Å². The largest absolute Gasteiger partial charge is 0 e. The molecule has 0 spiro atoms. The third-order valence-electron chi connectivity index (χ3n) is 4.02. The summed E-state index contributed by atoms with van der Waals surface area (Å²) in [6, 6.07) is 27.6. The molecule has 0 aromatic heterocycles. The van der Waals surface area contributed by atoms with Crippen molar-refractivity contribution in [2.75, 3.05) is 0 Å². The van der Waals surface area contributed by atoms with E-state index in [2.05, 4.69) is 93.6 Å². The third kappa shape index (κ3) is 4.79. The van der Waals surface area contributed by atoms with Gasteiger partial charge in [0, 0.05) is 29.6 Å². The van der Waals surface area contributed by atoms with E-state index < -0.39 is 22.7 Å². The molecule has 2 heteroatoms. The maximum absolute atomic E-state index is 2.34. The first-order valence-corrected chi connectivity index (χ1v) is 13.5. The molecule has 0 aliphatic carbocycles. The predicted octanol–water partition coefficient (Wildman–Crippen LogP) is 2.75. The SMILES string of the molecule is Cc1cc[c]([Pb]([c]2ccc(C)cc2)[c]2ccc(C)cc2)cc1.[Na]. The second-order valence-electron chi connectivity index (χ2n) is 5.97. The van der Waals surface area contributed by atoms with Gasteiger partial charge in [0.25, 0.3) is 0 Å². The summed E-state index contributed by atoms with van der Waals surface area (Å²) >= 11 is -2.26. The summed E-state index contributed by atoms with van der Waals surface area (Å²) in [5, 5.41) is 0. The number of aryl methyl sites for hydroxylation is 3. The molecule has 110 valence electrons. The molecule has 0 nitrogen and oxygen atoms in total. The minimum Gasteiger partial charge on any atom is 0 e. The molecule has 0 atom stereocenters. The van der Waals surface area contributed by atoms with Gasteiger partial charge in [-0.05, 0) is 0 Å². The monoisotopic (exact) mass is 504 g/mol. The smallest absolute Gasteiger partial charge is 0 e. The average molecular weight is 504 g/mol. The van der Waals surface area contributed by atoms with Gasteiger partial charge in [0.1, 0.15) is 0 Å². The van der Waals surface area contributed by atoms with Crippen molar-refractivity contribution in [1.82, 2.24) is 0 Å². The zero-order valence-corrected chi connectivity index (χ0v) is 20.3. The van der Waals surface area contributed by atoms with Gasteiger partial charge in [-0.15, -0.1) is 0 Å². The van der Waals surface area contributed by atoms with Gasteiger partial charge in [-0.2, -0.15) is 0 Å². The molecule has 0 heterocycles. The summed E-state index contributed by atoms with van der Waals surface area (Å²) in [6.07, 6.45) is 0. The Kier molecular flexibility index (Phi) is 7.08. The fourth-order valence-electron chi connectivity index (χ4n) is 2.66. The molecule has 0 fully saturated rings. The van der Waals surface area contributed by atoms with Gasteiger partial charge in [-0.3, -0.25) is 0 Å². The molecule has 0 amide bonds. The first kappa shape index (κ1) is 18.9. The van der Waals surface area contributed by atoms with E-state index in [1.807, 2.05) is 0 Å². The molecule has 3 aromatic carbocycles. The second kappa shape index (κ2) is 8.61. The molecule has 3 rings (SSSR count). The fraction of sp³-hybridized carbons (Fsp3) is 0.143. The number of hydrogen-bond donors (Lipinski definition) is 0. The topological polar surface area (TPSA) is 0 Å². The van der Waals surface area contributed by atoms with Crippen molar-refractivity contribution in [3.8, 4) is 0 Å². The van der Waals surface area contributed by atoms with Crippen molar-refractivity contribution in [2.45, 2.75) is 20.8 Å². The van der Waals surface area contributed by atoms with Crippen LogP contribution < -0.4 is 9.37 Å². The Morgan fingerprint density at radius 2 is 0.652 bits per heavy atom. The zero-order chi connectivity index (χ0) is 15.5. The minimum atomic E-state index is -2.26. The summed E-state index contributed by atoms with van der Waals surface area (Å²) in [5.41, 5.74) is 4.01. The number of hydrogen-bond acceptors (Lipinski definition) is 0. The van der Waals surface area contributed by atoms with E-state index >= 15 is 0 Å². The van der Waals surface area contributed by atoms with Crippen LogP contribution in [-0.4, -0.2) is 52.3 Å². The van der Waals surface area contributed by atoms with Crippen LogP contribution in [0.25, 0.3) is 0 Å². The first-order chi connectivity index (χ1) is 10.6. The molecule has 0 unspecified atom stereocenters. The summed E-state index contributed by atoms with van der Waals surface area (Å²) in [6.45, 7) is 6.48. The third-order valence-corrected chi connectivity index (χ3v) is 14.6. The van der Waals surface area contributed by atoms with Crippen LogP contribution in [0.15, 0.2) is 72.8 Å². The summed E-state index contributed by atoms with van der Waals surface area (Å²) in [5.74, 6) is 0. The average Bonchev–Trinajstić information content (AvgIpc) is 2.53. The quantitative estimate of drug-likeness (QED) is 0.483. The zero-order valence-electron chi connectivity index (χ0n) is 14.4. The summed E-state index contributed by atoms with van der Waals surface area (Å²) < 4.78 is 4.68. The van der Waals surface area contributed by atoms with Crippen molar-refractivity contribution in [3.05, 3.63) is 89.5 Å². The van der Waals surface area contributed by atoms with Gasteiger partial charge in [0.05, 0.1) is 0 Å². The molecular formula is C21H21NaPb. The number of rotatable bonds is 3. The molecule has 3 aromatic rings. The van der Waals surface area contributed by atoms with Gasteiger partial charge in [-0.25, -0.2) is 0 Å². The van der Waals surface area contributed by atoms with Gasteiger partial charge in [0.15, 0.2) is 0 Å². The van der Waals surface area contributed by atoms with E-state index in [4.69, 9.17) is 0 Å². The standard InChI is InChI=1S/3C7H7.Na.Pb/c3*1-7-5-3-2-4-6-7;;/h3*3-6H,1H3;;. The van der Waals surface area contributed by atoms with E-state index in [9.17, 15) is 0 Å². The Bertz CT molecular complexity index is 635. The van der Waals surface area contributed by atoms with Crippen LogP contribution in [0.1, 0.15) is 16.7 Å². The van der Waals surface area contributed by atoms with Crippen molar-refractivity contribution >= 4 is 61.6 Å². The van der Waals surface area contributed by atoms with Crippen molar-refractivity contribution < 1.29 is 0 Å². The van der Waals surface area contributed by atoms with Crippen LogP contribution in [-0.2, 0) is 0 Å². The summed E-state index contributed by atoms with van der Waals surface area (Å²) in [4.78, 5) is 0. The van der Waals surface area contributed by atoms with Gasteiger partial charge >= 0.3 is 142 Å². The van der Waals surface area contributed by atoms with E-state index in [-0.39, 0.29) is 29.6 Å². The van der Waals surface area contributed by atoms with E-state index in [0.717, 1.165) is 0 Å².